The second-order valence-corrected chi connectivity index (χ2v) is 10.2. The SMILES string of the molecule is Cc1ccc(NC(=O)C2CCN(c3nc(C4CCC4)nc4csc(C)c34)CC2)c(C)c1. The number of aromatic nitrogens is 2. The fourth-order valence-electron chi connectivity index (χ4n) is 4.73. The molecule has 162 valence electrons. The maximum atomic E-state index is 12.9. The van der Waals surface area contributed by atoms with E-state index in [0.29, 0.717) is 5.92 Å². The van der Waals surface area contributed by atoms with Gasteiger partial charge in [0.05, 0.1) is 10.9 Å². The summed E-state index contributed by atoms with van der Waals surface area (Å²) in [5.74, 6) is 2.80. The molecule has 5 rings (SSSR count). The van der Waals surface area contributed by atoms with Crippen LogP contribution in [0.4, 0.5) is 11.5 Å². The predicted molar refractivity (Wildman–Crippen MR) is 128 cm³/mol. The molecule has 1 N–H and O–H groups in total. The van der Waals surface area contributed by atoms with E-state index >= 15 is 0 Å². The van der Waals surface area contributed by atoms with E-state index in [-0.39, 0.29) is 11.8 Å². The topological polar surface area (TPSA) is 58.1 Å². The Balaban J connectivity index is 1.31. The summed E-state index contributed by atoms with van der Waals surface area (Å²) in [6.07, 6.45) is 5.39. The number of piperidine rings is 1. The minimum Gasteiger partial charge on any atom is -0.356 e. The smallest absolute Gasteiger partial charge is 0.227 e. The van der Waals surface area contributed by atoms with Gasteiger partial charge in [-0.1, -0.05) is 24.1 Å². The van der Waals surface area contributed by atoms with Gasteiger partial charge in [0.2, 0.25) is 5.91 Å². The first-order chi connectivity index (χ1) is 15.0. The number of aryl methyl sites for hydroxylation is 3. The van der Waals surface area contributed by atoms with Crippen molar-refractivity contribution >= 4 is 39.7 Å². The van der Waals surface area contributed by atoms with Crippen LogP contribution in [0.5, 0.6) is 0 Å². The van der Waals surface area contributed by atoms with Gasteiger partial charge in [0, 0.05) is 40.9 Å². The fraction of sp³-hybridized carbons (Fsp3) is 0.480. The molecule has 2 fully saturated rings. The van der Waals surface area contributed by atoms with Crippen LogP contribution in [0.2, 0.25) is 0 Å². The van der Waals surface area contributed by atoms with Crippen molar-refractivity contribution in [3.05, 3.63) is 45.4 Å². The van der Waals surface area contributed by atoms with Gasteiger partial charge in [0.25, 0.3) is 0 Å². The fourth-order valence-corrected chi connectivity index (χ4v) is 5.50. The molecule has 1 amide bonds. The lowest BCUT2D eigenvalue weighted by atomic mass is 9.85. The molecule has 1 aliphatic carbocycles. The van der Waals surface area contributed by atoms with Gasteiger partial charge in [-0.2, -0.15) is 0 Å². The molecule has 1 saturated carbocycles. The molecule has 3 heterocycles. The quantitative estimate of drug-likeness (QED) is 0.569. The van der Waals surface area contributed by atoms with Gasteiger partial charge < -0.3 is 10.2 Å². The number of carbonyl (C=O) groups is 1. The summed E-state index contributed by atoms with van der Waals surface area (Å²) >= 11 is 1.76. The van der Waals surface area contributed by atoms with Crippen molar-refractivity contribution in [2.45, 2.75) is 58.8 Å². The Morgan fingerprint density at radius 2 is 1.87 bits per heavy atom. The van der Waals surface area contributed by atoms with Crippen molar-refractivity contribution in [1.82, 2.24) is 9.97 Å². The van der Waals surface area contributed by atoms with Crippen LogP contribution in [-0.4, -0.2) is 29.0 Å². The molecular formula is C25H30N4OS. The highest BCUT2D eigenvalue weighted by Crippen LogP contribution is 2.39. The summed E-state index contributed by atoms with van der Waals surface area (Å²) in [4.78, 5) is 26.5. The normalized spacial score (nSPS) is 17.7. The number of benzene rings is 1. The van der Waals surface area contributed by atoms with E-state index in [1.807, 2.05) is 6.07 Å². The van der Waals surface area contributed by atoms with Crippen LogP contribution in [0.25, 0.3) is 10.9 Å². The summed E-state index contributed by atoms with van der Waals surface area (Å²) in [6.45, 7) is 8.00. The Kier molecular flexibility index (Phi) is 5.42. The molecule has 0 atom stereocenters. The highest BCUT2D eigenvalue weighted by atomic mass is 32.1. The Labute approximate surface area is 187 Å². The van der Waals surface area contributed by atoms with Gasteiger partial charge in [-0.15, -0.1) is 11.3 Å². The van der Waals surface area contributed by atoms with E-state index in [2.05, 4.69) is 48.5 Å². The lowest BCUT2D eigenvalue weighted by Gasteiger charge is -2.33. The van der Waals surface area contributed by atoms with Gasteiger partial charge in [-0.05, 0) is 58.1 Å². The Morgan fingerprint density at radius 1 is 1.10 bits per heavy atom. The summed E-state index contributed by atoms with van der Waals surface area (Å²) in [7, 11) is 0. The summed E-state index contributed by atoms with van der Waals surface area (Å²) in [5, 5.41) is 6.52. The number of fused-ring (bicyclic) bond motifs is 1. The van der Waals surface area contributed by atoms with E-state index < -0.39 is 0 Å². The number of anilines is 2. The van der Waals surface area contributed by atoms with Crippen LogP contribution < -0.4 is 10.2 Å². The third-order valence-corrected chi connectivity index (χ3v) is 7.81. The number of hydrogen-bond acceptors (Lipinski definition) is 5. The first-order valence-electron chi connectivity index (χ1n) is 11.4. The first kappa shape index (κ1) is 20.4. The largest absolute Gasteiger partial charge is 0.356 e. The molecule has 3 aromatic rings. The van der Waals surface area contributed by atoms with Crippen LogP contribution in [-0.2, 0) is 4.79 Å². The maximum absolute atomic E-state index is 12.9. The number of nitrogens with zero attached hydrogens (tertiary/aromatic N) is 3. The molecule has 0 bridgehead atoms. The average Bonchev–Trinajstić information content (AvgIpc) is 3.09. The van der Waals surface area contributed by atoms with Gasteiger partial charge in [0.15, 0.2) is 0 Å². The minimum atomic E-state index is 0.0453. The van der Waals surface area contributed by atoms with Crippen LogP contribution in [0, 0.1) is 26.7 Å². The van der Waals surface area contributed by atoms with E-state index in [9.17, 15) is 4.79 Å². The van der Waals surface area contributed by atoms with E-state index in [4.69, 9.17) is 9.97 Å². The third-order valence-electron chi connectivity index (χ3n) is 6.91. The van der Waals surface area contributed by atoms with Crippen LogP contribution >= 0.6 is 11.3 Å². The van der Waals surface area contributed by atoms with Gasteiger partial charge >= 0.3 is 0 Å². The van der Waals surface area contributed by atoms with Crippen LogP contribution in [0.1, 0.15) is 59.9 Å². The standard InChI is InChI=1S/C25H30N4OS/c1-15-7-8-20(16(2)13-15)27-25(30)19-9-11-29(12-10-19)24-22-17(3)31-14-21(22)26-23(28-24)18-5-4-6-18/h7-8,13-14,18-19H,4-6,9-12H2,1-3H3,(H,27,30). The Morgan fingerprint density at radius 3 is 2.55 bits per heavy atom. The number of carbonyl (C=O) groups excluding carboxylic acids is 1. The molecule has 1 aromatic carbocycles. The molecule has 5 nitrogen and oxygen atoms in total. The van der Waals surface area contributed by atoms with Gasteiger partial charge in [0.1, 0.15) is 11.6 Å². The molecule has 0 unspecified atom stereocenters. The van der Waals surface area contributed by atoms with Crippen molar-refractivity contribution in [2.75, 3.05) is 23.3 Å². The second kappa shape index (κ2) is 8.23. The third kappa shape index (κ3) is 3.93. The lowest BCUT2D eigenvalue weighted by molar-refractivity contribution is -0.120. The molecule has 0 radical (unpaired) electrons. The number of nitrogens with one attached hydrogen (secondary N) is 1. The van der Waals surface area contributed by atoms with Crippen LogP contribution in [0.15, 0.2) is 23.6 Å². The summed E-state index contributed by atoms with van der Waals surface area (Å²) in [5.41, 5.74) is 4.34. The van der Waals surface area contributed by atoms with Crippen molar-refractivity contribution in [2.24, 2.45) is 5.92 Å². The molecule has 2 aliphatic rings. The molecule has 2 aromatic heterocycles. The van der Waals surface area contributed by atoms with Crippen molar-refractivity contribution in [3.8, 4) is 0 Å². The minimum absolute atomic E-state index is 0.0453. The Bertz CT molecular complexity index is 1130. The zero-order valence-electron chi connectivity index (χ0n) is 18.6. The van der Waals surface area contributed by atoms with E-state index in [0.717, 1.165) is 54.3 Å². The first-order valence-corrected chi connectivity index (χ1v) is 12.3. The second-order valence-electron chi connectivity index (χ2n) is 9.15. The molecular weight excluding hydrogens is 404 g/mol. The summed E-state index contributed by atoms with van der Waals surface area (Å²) < 4.78 is 0. The number of rotatable bonds is 4. The van der Waals surface area contributed by atoms with Gasteiger partial charge in [-0.3, -0.25) is 4.79 Å². The number of amides is 1. The zero-order valence-corrected chi connectivity index (χ0v) is 19.4. The zero-order chi connectivity index (χ0) is 21.5. The summed E-state index contributed by atoms with van der Waals surface area (Å²) in [6, 6.07) is 6.17. The van der Waals surface area contributed by atoms with Crippen molar-refractivity contribution < 1.29 is 4.79 Å². The van der Waals surface area contributed by atoms with Gasteiger partial charge in [-0.25, -0.2) is 9.97 Å². The number of hydrogen-bond donors (Lipinski definition) is 1. The van der Waals surface area contributed by atoms with E-state index in [1.54, 1.807) is 11.3 Å². The average molecular weight is 435 g/mol. The highest BCUT2D eigenvalue weighted by Gasteiger charge is 2.29. The molecule has 0 spiro atoms. The maximum Gasteiger partial charge on any atom is 0.227 e. The molecule has 6 heteroatoms. The molecule has 31 heavy (non-hydrogen) atoms. The number of thiophene rings is 1. The highest BCUT2D eigenvalue weighted by molar-refractivity contribution is 7.11. The lowest BCUT2D eigenvalue weighted by Crippen LogP contribution is -2.39. The van der Waals surface area contributed by atoms with Crippen molar-refractivity contribution in [1.29, 1.82) is 0 Å². The Hall–Kier alpha value is -2.47. The molecule has 1 aliphatic heterocycles. The van der Waals surface area contributed by atoms with Crippen molar-refractivity contribution in [3.63, 3.8) is 0 Å². The monoisotopic (exact) mass is 434 g/mol. The molecule has 1 saturated heterocycles. The van der Waals surface area contributed by atoms with Crippen LogP contribution in [0.3, 0.4) is 0 Å². The predicted octanol–water partition coefficient (Wildman–Crippen LogP) is 5.74. The van der Waals surface area contributed by atoms with E-state index in [1.165, 1.54) is 35.1 Å².